The molecule has 2 aromatic rings. The molecule has 2 aromatic carbocycles. The van der Waals surface area contributed by atoms with Gasteiger partial charge in [-0.15, -0.1) is 0 Å². The monoisotopic (exact) mass is 339 g/mol. The number of aryl methyl sites for hydroxylation is 1. The molecule has 0 unspecified atom stereocenters. The number of halogens is 2. The molecule has 0 aliphatic carbocycles. The fourth-order valence-corrected chi connectivity index (χ4v) is 2.10. The number of hydrogen-bond acceptors (Lipinski definition) is 2. The van der Waals surface area contributed by atoms with Gasteiger partial charge in [-0.05, 0) is 64.8 Å². The third-order valence-corrected chi connectivity index (χ3v) is 3.86. The first-order valence-corrected chi connectivity index (χ1v) is 6.70. The standard InChI is InChI=1S/C14H11BrClNO2/c1-8-6-10(18)3-4-11(8)14(19)17-9-2-5-12(15)13(16)7-9/h2-7,18H,1H3,(H,17,19). The van der Waals surface area contributed by atoms with Crippen LogP contribution in [0.2, 0.25) is 5.02 Å². The molecular weight excluding hydrogens is 330 g/mol. The second kappa shape index (κ2) is 5.63. The summed E-state index contributed by atoms with van der Waals surface area (Å²) < 4.78 is 0.771. The smallest absolute Gasteiger partial charge is 0.255 e. The molecule has 3 nitrogen and oxygen atoms in total. The highest BCUT2D eigenvalue weighted by atomic mass is 79.9. The summed E-state index contributed by atoms with van der Waals surface area (Å²) in [5.41, 5.74) is 1.84. The Bertz CT molecular complexity index is 643. The third-order valence-electron chi connectivity index (χ3n) is 2.63. The largest absolute Gasteiger partial charge is 0.508 e. The number of aromatic hydroxyl groups is 1. The van der Waals surface area contributed by atoms with Crippen molar-refractivity contribution in [3.05, 3.63) is 57.0 Å². The van der Waals surface area contributed by atoms with Gasteiger partial charge >= 0.3 is 0 Å². The summed E-state index contributed by atoms with van der Waals surface area (Å²) in [4.78, 5) is 12.1. The van der Waals surface area contributed by atoms with E-state index in [9.17, 15) is 9.90 Å². The Morgan fingerprint density at radius 1 is 1.26 bits per heavy atom. The maximum Gasteiger partial charge on any atom is 0.255 e. The van der Waals surface area contributed by atoms with Gasteiger partial charge in [0.05, 0.1) is 5.02 Å². The van der Waals surface area contributed by atoms with Crippen molar-refractivity contribution < 1.29 is 9.90 Å². The Hall–Kier alpha value is -1.52. The minimum atomic E-state index is -0.240. The maximum absolute atomic E-state index is 12.1. The molecule has 0 radical (unpaired) electrons. The molecule has 0 aliphatic heterocycles. The fraction of sp³-hybridized carbons (Fsp3) is 0.0714. The number of nitrogens with one attached hydrogen (secondary N) is 1. The predicted molar refractivity (Wildman–Crippen MR) is 79.9 cm³/mol. The molecule has 5 heteroatoms. The van der Waals surface area contributed by atoms with Crippen LogP contribution in [0.5, 0.6) is 5.75 Å². The van der Waals surface area contributed by atoms with E-state index in [0.717, 1.165) is 4.47 Å². The summed E-state index contributed by atoms with van der Waals surface area (Å²) in [6.07, 6.45) is 0. The number of phenols is 1. The van der Waals surface area contributed by atoms with Gasteiger partial charge in [-0.2, -0.15) is 0 Å². The Balaban J connectivity index is 2.23. The Morgan fingerprint density at radius 2 is 2.00 bits per heavy atom. The lowest BCUT2D eigenvalue weighted by Crippen LogP contribution is -2.13. The number of amides is 1. The van der Waals surface area contributed by atoms with E-state index in [1.165, 1.54) is 6.07 Å². The van der Waals surface area contributed by atoms with Gasteiger partial charge in [0.25, 0.3) is 5.91 Å². The van der Waals surface area contributed by atoms with Crippen molar-refractivity contribution in [2.24, 2.45) is 0 Å². The Labute approximate surface area is 124 Å². The third kappa shape index (κ3) is 3.28. The van der Waals surface area contributed by atoms with E-state index >= 15 is 0 Å². The van der Waals surface area contributed by atoms with Crippen molar-refractivity contribution in [2.75, 3.05) is 5.32 Å². The molecule has 0 saturated heterocycles. The average molecular weight is 341 g/mol. The minimum absolute atomic E-state index is 0.140. The van der Waals surface area contributed by atoms with Gasteiger partial charge in [0.15, 0.2) is 0 Å². The Kier molecular flexibility index (Phi) is 4.12. The number of hydrogen-bond donors (Lipinski definition) is 2. The van der Waals surface area contributed by atoms with Crippen LogP contribution in [0.3, 0.4) is 0 Å². The summed E-state index contributed by atoms with van der Waals surface area (Å²) in [5, 5.41) is 12.6. The summed E-state index contributed by atoms with van der Waals surface area (Å²) in [5.74, 6) is -0.100. The van der Waals surface area contributed by atoms with Gasteiger partial charge in [-0.25, -0.2) is 0 Å². The molecule has 0 aliphatic rings. The first kappa shape index (κ1) is 13.9. The molecule has 19 heavy (non-hydrogen) atoms. The van der Waals surface area contributed by atoms with Crippen LogP contribution in [0.1, 0.15) is 15.9 Å². The fourth-order valence-electron chi connectivity index (χ4n) is 1.67. The molecule has 0 bridgehead atoms. The van der Waals surface area contributed by atoms with Gasteiger partial charge in [-0.3, -0.25) is 4.79 Å². The van der Waals surface area contributed by atoms with E-state index in [2.05, 4.69) is 21.2 Å². The predicted octanol–water partition coefficient (Wildman–Crippen LogP) is 4.37. The maximum atomic E-state index is 12.1. The molecule has 0 spiro atoms. The highest BCUT2D eigenvalue weighted by Gasteiger charge is 2.10. The first-order chi connectivity index (χ1) is 8.97. The molecule has 98 valence electrons. The van der Waals surface area contributed by atoms with Crippen molar-refractivity contribution in [2.45, 2.75) is 6.92 Å². The number of anilines is 1. The lowest BCUT2D eigenvalue weighted by atomic mass is 10.1. The highest BCUT2D eigenvalue weighted by Crippen LogP contribution is 2.26. The van der Waals surface area contributed by atoms with E-state index in [-0.39, 0.29) is 11.7 Å². The van der Waals surface area contributed by atoms with Crippen LogP contribution in [0.15, 0.2) is 40.9 Å². The summed E-state index contributed by atoms with van der Waals surface area (Å²) in [6, 6.07) is 9.80. The summed E-state index contributed by atoms with van der Waals surface area (Å²) in [7, 11) is 0. The lowest BCUT2D eigenvalue weighted by molar-refractivity contribution is 0.102. The van der Waals surface area contributed by atoms with E-state index in [1.807, 2.05) is 0 Å². The Morgan fingerprint density at radius 3 is 2.63 bits per heavy atom. The second-order valence-electron chi connectivity index (χ2n) is 4.08. The van der Waals surface area contributed by atoms with Crippen molar-refractivity contribution in [1.82, 2.24) is 0 Å². The van der Waals surface area contributed by atoms with Gasteiger partial charge in [0.1, 0.15) is 5.75 Å². The van der Waals surface area contributed by atoms with Crippen molar-refractivity contribution >= 4 is 39.1 Å². The minimum Gasteiger partial charge on any atom is -0.508 e. The number of rotatable bonds is 2. The number of carbonyl (C=O) groups is 1. The SMILES string of the molecule is Cc1cc(O)ccc1C(=O)Nc1ccc(Br)c(Cl)c1. The summed E-state index contributed by atoms with van der Waals surface area (Å²) in [6.45, 7) is 1.77. The van der Waals surface area contributed by atoms with Crippen LogP contribution >= 0.6 is 27.5 Å². The van der Waals surface area contributed by atoms with Crippen LogP contribution in [0, 0.1) is 6.92 Å². The molecule has 0 fully saturated rings. The van der Waals surface area contributed by atoms with Crippen LogP contribution in [0.25, 0.3) is 0 Å². The van der Waals surface area contributed by atoms with Crippen LogP contribution < -0.4 is 5.32 Å². The van der Waals surface area contributed by atoms with Gasteiger partial charge in [-0.1, -0.05) is 11.6 Å². The second-order valence-corrected chi connectivity index (χ2v) is 5.34. The summed E-state index contributed by atoms with van der Waals surface area (Å²) >= 11 is 9.25. The zero-order valence-corrected chi connectivity index (χ0v) is 12.4. The van der Waals surface area contributed by atoms with E-state index in [4.69, 9.17) is 11.6 Å². The molecular formula is C14H11BrClNO2. The molecule has 2 rings (SSSR count). The van der Waals surface area contributed by atoms with Crippen molar-refractivity contribution in [3.63, 3.8) is 0 Å². The topological polar surface area (TPSA) is 49.3 Å². The van der Waals surface area contributed by atoms with E-state index < -0.39 is 0 Å². The van der Waals surface area contributed by atoms with Gasteiger partial charge < -0.3 is 10.4 Å². The zero-order chi connectivity index (χ0) is 14.0. The number of carbonyl (C=O) groups excluding carboxylic acids is 1. The van der Waals surface area contributed by atoms with Crippen molar-refractivity contribution in [1.29, 1.82) is 0 Å². The first-order valence-electron chi connectivity index (χ1n) is 5.53. The van der Waals surface area contributed by atoms with Gasteiger partial charge in [0, 0.05) is 15.7 Å². The van der Waals surface area contributed by atoms with Crippen LogP contribution in [-0.4, -0.2) is 11.0 Å². The molecule has 0 atom stereocenters. The van der Waals surface area contributed by atoms with E-state index in [1.54, 1.807) is 37.3 Å². The zero-order valence-electron chi connectivity index (χ0n) is 10.1. The molecule has 0 saturated carbocycles. The average Bonchev–Trinajstić information content (AvgIpc) is 2.33. The highest BCUT2D eigenvalue weighted by molar-refractivity contribution is 9.10. The van der Waals surface area contributed by atoms with E-state index in [0.29, 0.717) is 21.8 Å². The van der Waals surface area contributed by atoms with Crippen LogP contribution in [0.4, 0.5) is 5.69 Å². The lowest BCUT2D eigenvalue weighted by Gasteiger charge is -2.08. The number of benzene rings is 2. The molecule has 0 heterocycles. The normalized spacial score (nSPS) is 10.3. The molecule has 1 amide bonds. The molecule has 2 N–H and O–H groups in total. The van der Waals surface area contributed by atoms with Crippen LogP contribution in [-0.2, 0) is 0 Å². The molecule has 0 aromatic heterocycles. The van der Waals surface area contributed by atoms with Gasteiger partial charge in [0.2, 0.25) is 0 Å². The number of phenolic OH excluding ortho intramolecular Hbond substituents is 1. The quantitative estimate of drug-likeness (QED) is 0.853. The van der Waals surface area contributed by atoms with Crippen molar-refractivity contribution in [3.8, 4) is 5.75 Å².